The standard InChI is InChI=1S/C19H18N6O/c20-10-13-3-1-4-14(9-13)25-7-2-5-15(25)11-24-8-6-17-16(12-24)18(26)23-19(21)22-17/h1-5,7,9H,6,8,11-12H2,(H3,21,22,23,26). The number of nitriles is 1. The number of H-pyrrole nitrogens is 1. The van der Waals surface area contributed by atoms with Gasteiger partial charge in [0.2, 0.25) is 5.95 Å². The summed E-state index contributed by atoms with van der Waals surface area (Å²) in [6.45, 7) is 2.06. The van der Waals surface area contributed by atoms with Crippen LogP contribution in [0.3, 0.4) is 0 Å². The van der Waals surface area contributed by atoms with Crippen LogP contribution >= 0.6 is 0 Å². The number of hydrogen-bond acceptors (Lipinski definition) is 5. The van der Waals surface area contributed by atoms with Crippen molar-refractivity contribution >= 4 is 5.95 Å². The number of nitrogens with two attached hydrogens (primary N) is 1. The number of hydrogen-bond donors (Lipinski definition) is 2. The second-order valence-electron chi connectivity index (χ2n) is 6.37. The second kappa shape index (κ2) is 6.50. The molecule has 0 amide bonds. The molecule has 3 heterocycles. The Kier molecular flexibility index (Phi) is 4.03. The van der Waals surface area contributed by atoms with Gasteiger partial charge in [0, 0.05) is 43.6 Å². The molecule has 2 aromatic heterocycles. The summed E-state index contributed by atoms with van der Waals surface area (Å²) in [6, 6.07) is 13.7. The van der Waals surface area contributed by atoms with E-state index in [2.05, 4.69) is 31.6 Å². The maximum Gasteiger partial charge on any atom is 0.257 e. The molecule has 0 unspecified atom stereocenters. The van der Waals surface area contributed by atoms with Crippen LogP contribution in [-0.4, -0.2) is 26.0 Å². The third kappa shape index (κ3) is 2.98. The number of nitrogens with one attached hydrogen (secondary N) is 1. The number of benzene rings is 1. The molecule has 1 aromatic carbocycles. The van der Waals surface area contributed by atoms with Gasteiger partial charge in [0.25, 0.3) is 5.56 Å². The van der Waals surface area contributed by atoms with Crippen molar-refractivity contribution in [3.8, 4) is 11.8 Å². The SMILES string of the molecule is N#Cc1cccc(-n2cccc2CN2CCc3nc(N)[nH]c(=O)c3C2)c1. The first-order valence-corrected chi connectivity index (χ1v) is 8.41. The minimum absolute atomic E-state index is 0.158. The van der Waals surface area contributed by atoms with Gasteiger partial charge in [0.15, 0.2) is 0 Å². The van der Waals surface area contributed by atoms with E-state index < -0.39 is 0 Å². The van der Waals surface area contributed by atoms with Crippen molar-refractivity contribution < 1.29 is 0 Å². The topological polar surface area (TPSA) is 104 Å². The molecule has 4 rings (SSSR count). The van der Waals surface area contributed by atoms with Gasteiger partial charge in [0.05, 0.1) is 22.9 Å². The van der Waals surface area contributed by atoms with Gasteiger partial charge in [-0.15, -0.1) is 0 Å². The molecule has 7 nitrogen and oxygen atoms in total. The molecular formula is C19H18N6O. The Labute approximate surface area is 150 Å². The summed E-state index contributed by atoms with van der Waals surface area (Å²) in [7, 11) is 0. The first-order valence-electron chi connectivity index (χ1n) is 8.41. The smallest absolute Gasteiger partial charge is 0.257 e. The average Bonchev–Trinajstić information content (AvgIpc) is 3.10. The Morgan fingerprint density at radius 3 is 3.04 bits per heavy atom. The Bertz CT molecular complexity index is 1060. The quantitative estimate of drug-likeness (QED) is 0.749. The third-order valence-electron chi connectivity index (χ3n) is 4.64. The molecule has 130 valence electrons. The Hall–Kier alpha value is -3.37. The summed E-state index contributed by atoms with van der Waals surface area (Å²) in [5, 5.41) is 9.11. The van der Waals surface area contributed by atoms with Crippen molar-refractivity contribution in [2.45, 2.75) is 19.5 Å². The lowest BCUT2D eigenvalue weighted by Gasteiger charge is -2.27. The van der Waals surface area contributed by atoms with E-state index in [0.29, 0.717) is 30.6 Å². The Morgan fingerprint density at radius 2 is 2.19 bits per heavy atom. The van der Waals surface area contributed by atoms with Crippen LogP contribution in [0.1, 0.15) is 22.5 Å². The maximum atomic E-state index is 12.2. The fourth-order valence-electron chi connectivity index (χ4n) is 3.39. The van der Waals surface area contributed by atoms with Crippen LogP contribution in [0.2, 0.25) is 0 Å². The van der Waals surface area contributed by atoms with Gasteiger partial charge in [-0.2, -0.15) is 5.26 Å². The number of nitrogen functional groups attached to an aromatic ring is 1. The normalized spacial score (nSPS) is 14.0. The fraction of sp³-hybridized carbons (Fsp3) is 0.211. The van der Waals surface area contributed by atoms with E-state index in [-0.39, 0.29) is 11.5 Å². The average molecular weight is 346 g/mol. The highest BCUT2D eigenvalue weighted by Crippen LogP contribution is 2.20. The van der Waals surface area contributed by atoms with E-state index in [0.717, 1.165) is 23.6 Å². The van der Waals surface area contributed by atoms with Gasteiger partial charge in [-0.05, 0) is 30.3 Å². The molecule has 3 aromatic rings. The predicted octanol–water partition coefficient (Wildman–Crippen LogP) is 1.57. The van der Waals surface area contributed by atoms with Crippen LogP contribution in [0.25, 0.3) is 5.69 Å². The fourth-order valence-corrected chi connectivity index (χ4v) is 3.39. The van der Waals surface area contributed by atoms with Gasteiger partial charge >= 0.3 is 0 Å². The van der Waals surface area contributed by atoms with Crippen molar-refractivity contribution in [3.63, 3.8) is 0 Å². The van der Waals surface area contributed by atoms with E-state index in [9.17, 15) is 4.79 Å². The van der Waals surface area contributed by atoms with Crippen molar-refractivity contribution in [1.82, 2.24) is 19.4 Å². The molecule has 7 heteroatoms. The van der Waals surface area contributed by atoms with Crippen molar-refractivity contribution in [3.05, 3.63) is 75.5 Å². The van der Waals surface area contributed by atoms with E-state index in [1.165, 1.54) is 0 Å². The van der Waals surface area contributed by atoms with Crippen LogP contribution in [0.5, 0.6) is 0 Å². The highest BCUT2D eigenvalue weighted by atomic mass is 16.1. The van der Waals surface area contributed by atoms with Gasteiger partial charge < -0.3 is 10.3 Å². The predicted molar refractivity (Wildman–Crippen MR) is 97.6 cm³/mol. The van der Waals surface area contributed by atoms with Gasteiger partial charge in [-0.25, -0.2) is 4.98 Å². The molecule has 0 atom stereocenters. The summed E-state index contributed by atoms with van der Waals surface area (Å²) in [5.41, 5.74) is 9.63. The van der Waals surface area contributed by atoms with Crippen LogP contribution < -0.4 is 11.3 Å². The highest BCUT2D eigenvalue weighted by molar-refractivity contribution is 5.43. The summed E-state index contributed by atoms with van der Waals surface area (Å²) in [6.07, 6.45) is 2.69. The van der Waals surface area contributed by atoms with Gasteiger partial charge in [-0.1, -0.05) is 6.07 Å². The Morgan fingerprint density at radius 1 is 1.31 bits per heavy atom. The molecule has 0 saturated carbocycles. The lowest BCUT2D eigenvalue weighted by atomic mass is 10.1. The van der Waals surface area contributed by atoms with Crippen LogP contribution in [0.15, 0.2) is 47.4 Å². The number of aromatic nitrogens is 3. The molecule has 0 aliphatic carbocycles. The van der Waals surface area contributed by atoms with Crippen molar-refractivity contribution in [2.24, 2.45) is 0 Å². The van der Waals surface area contributed by atoms with E-state index >= 15 is 0 Å². The van der Waals surface area contributed by atoms with Gasteiger partial charge in [-0.3, -0.25) is 14.7 Å². The number of nitrogens with zero attached hydrogens (tertiary/aromatic N) is 4. The van der Waals surface area contributed by atoms with E-state index in [1.807, 2.05) is 30.5 Å². The van der Waals surface area contributed by atoms with Crippen LogP contribution in [-0.2, 0) is 19.5 Å². The second-order valence-corrected chi connectivity index (χ2v) is 6.37. The minimum Gasteiger partial charge on any atom is -0.369 e. The molecule has 3 N–H and O–H groups in total. The first kappa shape index (κ1) is 16.1. The van der Waals surface area contributed by atoms with Gasteiger partial charge in [0.1, 0.15) is 0 Å². The minimum atomic E-state index is -0.158. The summed E-state index contributed by atoms with van der Waals surface area (Å²) in [5.74, 6) is 0.174. The molecular weight excluding hydrogens is 328 g/mol. The molecule has 0 saturated heterocycles. The zero-order chi connectivity index (χ0) is 18.1. The number of rotatable bonds is 3. The maximum absolute atomic E-state index is 12.2. The lowest BCUT2D eigenvalue weighted by molar-refractivity contribution is 0.238. The zero-order valence-electron chi connectivity index (χ0n) is 14.1. The highest BCUT2D eigenvalue weighted by Gasteiger charge is 2.21. The third-order valence-corrected chi connectivity index (χ3v) is 4.64. The number of fused-ring (bicyclic) bond motifs is 1. The van der Waals surface area contributed by atoms with E-state index in [1.54, 1.807) is 6.07 Å². The zero-order valence-corrected chi connectivity index (χ0v) is 14.1. The van der Waals surface area contributed by atoms with E-state index in [4.69, 9.17) is 11.0 Å². The number of anilines is 1. The monoisotopic (exact) mass is 346 g/mol. The summed E-state index contributed by atoms with van der Waals surface area (Å²) in [4.78, 5) is 21.2. The molecule has 0 spiro atoms. The first-order chi connectivity index (χ1) is 12.6. The molecule has 1 aliphatic rings. The van der Waals surface area contributed by atoms with Crippen molar-refractivity contribution in [2.75, 3.05) is 12.3 Å². The molecule has 0 radical (unpaired) electrons. The van der Waals surface area contributed by atoms with Crippen molar-refractivity contribution in [1.29, 1.82) is 5.26 Å². The largest absolute Gasteiger partial charge is 0.369 e. The van der Waals surface area contributed by atoms with Crippen LogP contribution in [0.4, 0.5) is 5.95 Å². The Balaban J connectivity index is 1.59. The van der Waals surface area contributed by atoms with Crippen LogP contribution in [0, 0.1) is 11.3 Å². The summed E-state index contributed by atoms with van der Waals surface area (Å²) >= 11 is 0. The molecule has 0 bridgehead atoms. The molecule has 1 aliphatic heterocycles. The molecule has 0 fully saturated rings. The summed E-state index contributed by atoms with van der Waals surface area (Å²) < 4.78 is 2.07. The lowest BCUT2D eigenvalue weighted by Crippen LogP contribution is -2.36. The number of aromatic amines is 1. The molecule has 26 heavy (non-hydrogen) atoms.